The zero-order valence-corrected chi connectivity index (χ0v) is 8.04. The summed E-state index contributed by atoms with van der Waals surface area (Å²) in [4.78, 5) is 4.07. The lowest BCUT2D eigenvalue weighted by molar-refractivity contribution is 0.896. The molecule has 0 atom stereocenters. The SMILES string of the molecule is c1ccc(-n2cc3cnccc3n2)cc1. The number of aromatic nitrogens is 3. The molecular formula is C12H9N3. The van der Waals surface area contributed by atoms with Crippen LogP contribution in [-0.2, 0) is 0 Å². The molecule has 0 aliphatic carbocycles. The molecule has 0 bridgehead atoms. The fraction of sp³-hybridized carbons (Fsp3) is 0. The second-order valence-electron chi connectivity index (χ2n) is 3.34. The Morgan fingerprint density at radius 3 is 2.67 bits per heavy atom. The highest BCUT2D eigenvalue weighted by molar-refractivity contribution is 5.77. The maximum Gasteiger partial charge on any atom is 0.0958 e. The van der Waals surface area contributed by atoms with Gasteiger partial charge in [0.1, 0.15) is 0 Å². The Labute approximate surface area is 87.0 Å². The van der Waals surface area contributed by atoms with Gasteiger partial charge in [0, 0.05) is 24.0 Å². The molecule has 15 heavy (non-hydrogen) atoms. The number of fused-ring (bicyclic) bond motifs is 1. The third-order valence-corrected chi connectivity index (χ3v) is 2.33. The summed E-state index contributed by atoms with van der Waals surface area (Å²) in [5, 5.41) is 5.52. The molecular weight excluding hydrogens is 186 g/mol. The number of rotatable bonds is 1. The predicted octanol–water partition coefficient (Wildman–Crippen LogP) is 2.42. The number of para-hydroxylation sites is 1. The monoisotopic (exact) mass is 195 g/mol. The van der Waals surface area contributed by atoms with Crippen LogP contribution in [0.4, 0.5) is 0 Å². The number of hydrogen-bond acceptors (Lipinski definition) is 2. The molecule has 0 spiro atoms. The maximum absolute atomic E-state index is 4.46. The van der Waals surface area contributed by atoms with Crippen molar-refractivity contribution in [3.05, 3.63) is 55.0 Å². The first-order valence-corrected chi connectivity index (χ1v) is 4.78. The molecule has 0 saturated carbocycles. The molecule has 3 heteroatoms. The highest BCUT2D eigenvalue weighted by Gasteiger charge is 2.00. The lowest BCUT2D eigenvalue weighted by Gasteiger charge is -1.98. The summed E-state index contributed by atoms with van der Waals surface area (Å²) in [7, 11) is 0. The van der Waals surface area contributed by atoms with E-state index < -0.39 is 0 Å². The average Bonchev–Trinajstić information content (AvgIpc) is 2.74. The third kappa shape index (κ3) is 1.38. The Bertz CT molecular complexity index is 551. The summed E-state index contributed by atoms with van der Waals surface area (Å²) < 4.78 is 1.87. The first kappa shape index (κ1) is 8.17. The van der Waals surface area contributed by atoms with Crippen LogP contribution in [0.15, 0.2) is 55.0 Å². The van der Waals surface area contributed by atoms with E-state index >= 15 is 0 Å². The fourth-order valence-corrected chi connectivity index (χ4v) is 1.58. The van der Waals surface area contributed by atoms with Crippen LogP contribution in [0.3, 0.4) is 0 Å². The van der Waals surface area contributed by atoms with Crippen LogP contribution < -0.4 is 0 Å². The molecule has 2 heterocycles. The zero-order chi connectivity index (χ0) is 10.1. The van der Waals surface area contributed by atoms with Gasteiger partial charge in [-0.15, -0.1) is 0 Å². The minimum Gasteiger partial charge on any atom is -0.264 e. The lowest BCUT2D eigenvalue weighted by atomic mass is 10.3. The molecule has 3 aromatic rings. The Morgan fingerprint density at radius 2 is 1.87 bits per heavy atom. The normalized spacial score (nSPS) is 10.7. The van der Waals surface area contributed by atoms with Crippen molar-refractivity contribution in [1.82, 2.24) is 14.8 Å². The highest BCUT2D eigenvalue weighted by atomic mass is 15.3. The van der Waals surface area contributed by atoms with Crippen LogP contribution >= 0.6 is 0 Å². The first-order chi connectivity index (χ1) is 7.43. The van der Waals surface area contributed by atoms with E-state index in [9.17, 15) is 0 Å². The summed E-state index contributed by atoms with van der Waals surface area (Å²) in [5.74, 6) is 0. The number of nitrogens with zero attached hydrogens (tertiary/aromatic N) is 3. The Kier molecular flexibility index (Phi) is 1.75. The smallest absolute Gasteiger partial charge is 0.0958 e. The van der Waals surface area contributed by atoms with Crippen molar-refractivity contribution in [2.45, 2.75) is 0 Å². The van der Waals surface area contributed by atoms with Gasteiger partial charge in [0.2, 0.25) is 0 Å². The minimum atomic E-state index is 0.967. The summed E-state index contributed by atoms with van der Waals surface area (Å²) in [6, 6.07) is 12.0. The molecule has 3 nitrogen and oxygen atoms in total. The van der Waals surface area contributed by atoms with Crippen LogP contribution in [0.2, 0.25) is 0 Å². The topological polar surface area (TPSA) is 30.7 Å². The Balaban J connectivity index is 2.21. The second kappa shape index (κ2) is 3.20. The molecule has 0 unspecified atom stereocenters. The van der Waals surface area contributed by atoms with Gasteiger partial charge < -0.3 is 0 Å². The standard InChI is InChI=1S/C12H9N3/c1-2-4-11(5-3-1)15-9-10-8-13-7-6-12(10)14-15/h1-9H. The molecule has 3 rings (SSSR count). The summed E-state index contributed by atoms with van der Waals surface area (Å²) >= 11 is 0. The van der Waals surface area contributed by atoms with Crippen molar-refractivity contribution >= 4 is 10.9 Å². The molecule has 0 saturated heterocycles. The first-order valence-electron chi connectivity index (χ1n) is 4.78. The number of pyridine rings is 1. The van der Waals surface area contributed by atoms with Crippen molar-refractivity contribution in [2.75, 3.05) is 0 Å². The van der Waals surface area contributed by atoms with Crippen molar-refractivity contribution in [3.63, 3.8) is 0 Å². The Morgan fingerprint density at radius 1 is 1.00 bits per heavy atom. The van der Waals surface area contributed by atoms with E-state index in [1.54, 1.807) is 6.20 Å². The fourth-order valence-electron chi connectivity index (χ4n) is 1.58. The summed E-state index contributed by atoms with van der Waals surface area (Å²) in [6.07, 6.45) is 5.56. The van der Waals surface area contributed by atoms with Crippen LogP contribution in [0, 0.1) is 0 Å². The lowest BCUT2D eigenvalue weighted by Crippen LogP contribution is -1.92. The van der Waals surface area contributed by atoms with Crippen molar-refractivity contribution in [2.24, 2.45) is 0 Å². The average molecular weight is 195 g/mol. The van der Waals surface area contributed by atoms with Gasteiger partial charge in [-0.3, -0.25) is 4.98 Å². The second-order valence-corrected chi connectivity index (χ2v) is 3.34. The zero-order valence-electron chi connectivity index (χ0n) is 8.04. The third-order valence-electron chi connectivity index (χ3n) is 2.33. The maximum atomic E-state index is 4.46. The van der Waals surface area contributed by atoms with Gasteiger partial charge in [0.15, 0.2) is 0 Å². The van der Waals surface area contributed by atoms with Gasteiger partial charge in [-0.1, -0.05) is 18.2 Å². The van der Waals surface area contributed by atoms with Crippen molar-refractivity contribution in [3.8, 4) is 5.69 Å². The van der Waals surface area contributed by atoms with Gasteiger partial charge in [-0.05, 0) is 18.2 Å². The van der Waals surface area contributed by atoms with E-state index in [-0.39, 0.29) is 0 Å². The van der Waals surface area contributed by atoms with Crippen LogP contribution in [-0.4, -0.2) is 14.8 Å². The van der Waals surface area contributed by atoms with Crippen LogP contribution in [0.25, 0.3) is 16.6 Å². The predicted molar refractivity (Wildman–Crippen MR) is 58.9 cm³/mol. The molecule has 0 aliphatic rings. The van der Waals surface area contributed by atoms with E-state index in [0.717, 1.165) is 16.6 Å². The van der Waals surface area contributed by atoms with Gasteiger partial charge in [0.05, 0.1) is 11.2 Å². The van der Waals surface area contributed by atoms with Gasteiger partial charge in [-0.2, -0.15) is 5.10 Å². The van der Waals surface area contributed by atoms with Gasteiger partial charge >= 0.3 is 0 Å². The van der Waals surface area contributed by atoms with E-state index in [4.69, 9.17) is 0 Å². The van der Waals surface area contributed by atoms with E-state index in [2.05, 4.69) is 10.1 Å². The van der Waals surface area contributed by atoms with Crippen LogP contribution in [0.5, 0.6) is 0 Å². The highest BCUT2D eigenvalue weighted by Crippen LogP contribution is 2.13. The molecule has 1 aromatic carbocycles. The van der Waals surface area contributed by atoms with Crippen molar-refractivity contribution < 1.29 is 0 Å². The van der Waals surface area contributed by atoms with Gasteiger partial charge in [0.25, 0.3) is 0 Å². The molecule has 0 aliphatic heterocycles. The van der Waals surface area contributed by atoms with E-state index in [1.807, 2.05) is 53.5 Å². The molecule has 0 fully saturated rings. The quantitative estimate of drug-likeness (QED) is 0.597. The molecule has 2 aromatic heterocycles. The van der Waals surface area contributed by atoms with E-state index in [1.165, 1.54) is 0 Å². The summed E-state index contributed by atoms with van der Waals surface area (Å²) in [6.45, 7) is 0. The van der Waals surface area contributed by atoms with Gasteiger partial charge in [-0.25, -0.2) is 4.68 Å². The van der Waals surface area contributed by atoms with E-state index in [0.29, 0.717) is 0 Å². The van der Waals surface area contributed by atoms with Crippen molar-refractivity contribution in [1.29, 1.82) is 0 Å². The molecule has 0 N–H and O–H groups in total. The minimum absolute atomic E-state index is 0.967. The summed E-state index contributed by atoms with van der Waals surface area (Å²) in [5.41, 5.74) is 2.03. The number of benzene rings is 1. The molecule has 0 amide bonds. The number of hydrogen-bond donors (Lipinski definition) is 0. The molecule has 0 radical (unpaired) electrons. The largest absolute Gasteiger partial charge is 0.264 e. The molecule has 72 valence electrons. The van der Waals surface area contributed by atoms with Crippen LogP contribution in [0.1, 0.15) is 0 Å². The Hall–Kier alpha value is -2.16.